The predicted molar refractivity (Wildman–Crippen MR) is 253 cm³/mol. The topological polar surface area (TPSA) is 16.4 Å². The second-order valence-corrected chi connectivity index (χ2v) is 15.3. The van der Waals surface area contributed by atoms with Gasteiger partial charge >= 0.3 is 0 Å². The monoisotopic (exact) mass is 765 g/mol. The number of nitrogens with zero attached hydrogens (tertiary/aromatic N) is 1. The van der Waals surface area contributed by atoms with Crippen molar-refractivity contribution in [1.82, 2.24) is 0 Å². The van der Waals surface area contributed by atoms with Crippen molar-refractivity contribution in [2.24, 2.45) is 0 Å². The number of para-hydroxylation sites is 1. The van der Waals surface area contributed by atoms with Gasteiger partial charge in [-0.25, -0.2) is 0 Å². The molecule has 0 unspecified atom stereocenters. The quantitative estimate of drug-likeness (QED) is 0.153. The molecular weight excluding hydrogens is 727 g/mol. The molecular formula is C58H39NO. The number of rotatable bonds is 8. The molecule has 60 heavy (non-hydrogen) atoms. The molecule has 1 heterocycles. The largest absolute Gasteiger partial charge is 0.455 e. The SMILES string of the molecule is c1ccc(-c2c(-c3cccc(N(c4ccc(-c5cccc(-c6ccc7ccccc7c6)c5)cc4)c4ccc(-c5cccc6ccccc56)cc4)c3)oc3ccccc23)cc1. The van der Waals surface area contributed by atoms with Crippen LogP contribution in [0.4, 0.5) is 17.1 Å². The van der Waals surface area contributed by atoms with Crippen LogP contribution in [0.3, 0.4) is 0 Å². The molecule has 0 aliphatic carbocycles. The molecule has 0 aliphatic heterocycles. The third-order valence-corrected chi connectivity index (χ3v) is 11.7. The Labute approximate surface area is 349 Å². The number of benzene rings is 10. The van der Waals surface area contributed by atoms with Crippen molar-refractivity contribution in [3.05, 3.63) is 237 Å². The van der Waals surface area contributed by atoms with Crippen LogP contribution in [0.25, 0.3) is 88.3 Å². The molecule has 2 heteroatoms. The first-order valence-electron chi connectivity index (χ1n) is 20.5. The van der Waals surface area contributed by atoms with E-state index in [0.717, 1.165) is 56.0 Å². The molecule has 0 N–H and O–H groups in total. The summed E-state index contributed by atoms with van der Waals surface area (Å²) in [6.07, 6.45) is 0. The summed E-state index contributed by atoms with van der Waals surface area (Å²) in [4.78, 5) is 2.34. The Balaban J connectivity index is 1.01. The van der Waals surface area contributed by atoms with Crippen molar-refractivity contribution in [3.8, 4) is 55.8 Å². The van der Waals surface area contributed by atoms with Crippen LogP contribution in [0, 0.1) is 0 Å². The molecule has 0 fully saturated rings. The highest BCUT2D eigenvalue weighted by atomic mass is 16.3. The lowest BCUT2D eigenvalue weighted by atomic mass is 9.97. The second-order valence-electron chi connectivity index (χ2n) is 15.3. The Morgan fingerprint density at radius 2 is 0.833 bits per heavy atom. The van der Waals surface area contributed by atoms with Gasteiger partial charge in [-0.05, 0) is 115 Å². The zero-order valence-corrected chi connectivity index (χ0v) is 32.9. The smallest absolute Gasteiger partial charge is 0.143 e. The van der Waals surface area contributed by atoms with E-state index in [9.17, 15) is 0 Å². The molecule has 1 aromatic heterocycles. The first kappa shape index (κ1) is 35.2. The maximum atomic E-state index is 6.69. The van der Waals surface area contributed by atoms with E-state index >= 15 is 0 Å². The fourth-order valence-electron chi connectivity index (χ4n) is 8.69. The van der Waals surface area contributed by atoms with Crippen LogP contribution in [-0.2, 0) is 0 Å². The first-order valence-corrected chi connectivity index (χ1v) is 20.5. The highest BCUT2D eigenvalue weighted by Crippen LogP contribution is 2.44. The Morgan fingerprint density at radius 3 is 1.63 bits per heavy atom. The lowest BCUT2D eigenvalue weighted by molar-refractivity contribution is 0.632. The molecule has 0 saturated carbocycles. The van der Waals surface area contributed by atoms with Crippen LogP contribution in [0.15, 0.2) is 241 Å². The van der Waals surface area contributed by atoms with Gasteiger partial charge in [0, 0.05) is 33.6 Å². The van der Waals surface area contributed by atoms with Gasteiger partial charge in [-0.15, -0.1) is 0 Å². The first-order chi connectivity index (χ1) is 29.7. The maximum absolute atomic E-state index is 6.69. The predicted octanol–water partition coefficient (Wildman–Crippen LogP) is 16.5. The van der Waals surface area contributed by atoms with Crippen LogP contribution >= 0.6 is 0 Å². The highest BCUT2D eigenvalue weighted by molar-refractivity contribution is 6.02. The van der Waals surface area contributed by atoms with Crippen LogP contribution < -0.4 is 4.90 Å². The summed E-state index contributed by atoms with van der Waals surface area (Å²) in [5.74, 6) is 0.858. The molecule has 0 atom stereocenters. The van der Waals surface area contributed by atoms with E-state index in [2.05, 4.69) is 235 Å². The summed E-state index contributed by atoms with van der Waals surface area (Å²) in [7, 11) is 0. The van der Waals surface area contributed by atoms with Gasteiger partial charge in [0.05, 0.1) is 0 Å². The molecule has 282 valence electrons. The van der Waals surface area contributed by atoms with Gasteiger partial charge in [0.1, 0.15) is 11.3 Å². The van der Waals surface area contributed by atoms with Gasteiger partial charge in [-0.2, -0.15) is 0 Å². The number of furan rings is 1. The van der Waals surface area contributed by atoms with Crippen molar-refractivity contribution in [2.75, 3.05) is 4.90 Å². The molecule has 11 aromatic rings. The van der Waals surface area contributed by atoms with Crippen molar-refractivity contribution in [3.63, 3.8) is 0 Å². The standard InChI is InChI=1S/C58H39NO/c1-2-15-44(16-3-1)57-55-24-8-9-26-56(55)60-58(57)49-21-11-22-52(39-49)59(51-35-31-43(32-36-51)54-25-12-18-42-14-6-7-23-53(42)54)50-33-29-41(30-34-50)46-19-10-20-47(37-46)48-28-27-40-13-4-5-17-45(40)38-48/h1-39H. The number of anilines is 3. The number of hydrogen-bond donors (Lipinski definition) is 0. The third kappa shape index (κ3) is 6.51. The summed E-state index contributed by atoms with van der Waals surface area (Å²) in [5, 5.41) is 6.08. The fraction of sp³-hybridized carbons (Fsp3) is 0. The molecule has 11 rings (SSSR count). The van der Waals surface area contributed by atoms with Gasteiger partial charge < -0.3 is 9.32 Å². The molecule has 0 bridgehead atoms. The van der Waals surface area contributed by atoms with E-state index in [-0.39, 0.29) is 0 Å². The lowest BCUT2D eigenvalue weighted by Gasteiger charge is -2.26. The molecule has 2 nitrogen and oxygen atoms in total. The lowest BCUT2D eigenvalue weighted by Crippen LogP contribution is -2.10. The molecule has 0 spiro atoms. The zero-order valence-electron chi connectivity index (χ0n) is 32.9. The van der Waals surface area contributed by atoms with Crippen LogP contribution in [0.2, 0.25) is 0 Å². The second kappa shape index (κ2) is 15.1. The van der Waals surface area contributed by atoms with E-state index in [1.54, 1.807) is 0 Å². The van der Waals surface area contributed by atoms with Crippen molar-refractivity contribution in [2.45, 2.75) is 0 Å². The molecule has 0 aliphatic rings. The van der Waals surface area contributed by atoms with Gasteiger partial charge in [-0.3, -0.25) is 0 Å². The van der Waals surface area contributed by atoms with E-state index in [1.807, 2.05) is 6.07 Å². The summed E-state index contributed by atoms with van der Waals surface area (Å²) in [6, 6.07) is 84.7. The Hall–Kier alpha value is -7.94. The van der Waals surface area contributed by atoms with Crippen LogP contribution in [0.1, 0.15) is 0 Å². The van der Waals surface area contributed by atoms with Crippen molar-refractivity contribution >= 4 is 49.6 Å². The maximum Gasteiger partial charge on any atom is 0.143 e. The molecule has 10 aromatic carbocycles. The van der Waals surface area contributed by atoms with Crippen molar-refractivity contribution < 1.29 is 4.42 Å². The average Bonchev–Trinajstić information content (AvgIpc) is 3.72. The average molecular weight is 766 g/mol. The van der Waals surface area contributed by atoms with Gasteiger partial charge in [0.15, 0.2) is 0 Å². The van der Waals surface area contributed by atoms with E-state index in [4.69, 9.17) is 4.42 Å². The third-order valence-electron chi connectivity index (χ3n) is 11.7. The summed E-state index contributed by atoms with van der Waals surface area (Å²) >= 11 is 0. The van der Waals surface area contributed by atoms with Gasteiger partial charge in [0.25, 0.3) is 0 Å². The minimum atomic E-state index is 0.858. The molecule has 0 amide bonds. The normalized spacial score (nSPS) is 11.3. The van der Waals surface area contributed by atoms with Gasteiger partial charge in [0.2, 0.25) is 0 Å². The number of hydrogen-bond acceptors (Lipinski definition) is 2. The van der Waals surface area contributed by atoms with E-state index in [0.29, 0.717) is 0 Å². The molecule has 0 radical (unpaired) electrons. The van der Waals surface area contributed by atoms with E-state index in [1.165, 1.54) is 49.4 Å². The Bertz CT molecular complexity index is 3300. The fourth-order valence-corrected chi connectivity index (χ4v) is 8.69. The zero-order chi connectivity index (χ0) is 39.8. The van der Waals surface area contributed by atoms with Gasteiger partial charge in [-0.1, -0.05) is 182 Å². The summed E-state index contributed by atoms with van der Waals surface area (Å²) in [5.41, 5.74) is 14.4. The minimum Gasteiger partial charge on any atom is -0.455 e. The Morgan fingerprint density at radius 1 is 0.283 bits per heavy atom. The Kier molecular flexibility index (Phi) is 8.87. The summed E-state index contributed by atoms with van der Waals surface area (Å²) in [6.45, 7) is 0. The van der Waals surface area contributed by atoms with Crippen molar-refractivity contribution in [1.29, 1.82) is 0 Å². The van der Waals surface area contributed by atoms with E-state index < -0.39 is 0 Å². The summed E-state index contributed by atoms with van der Waals surface area (Å²) < 4.78 is 6.69. The van der Waals surface area contributed by atoms with Crippen LogP contribution in [-0.4, -0.2) is 0 Å². The van der Waals surface area contributed by atoms with Crippen LogP contribution in [0.5, 0.6) is 0 Å². The molecule has 0 saturated heterocycles. The number of fused-ring (bicyclic) bond motifs is 3. The highest BCUT2D eigenvalue weighted by Gasteiger charge is 2.20. The minimum absolute atomic E-state index is 0.858.